The molecule has 2 rings (SSSR count). The van der Waals surface area contributed by atoms with Gasteiger partial charge in [-0.1, -0.05) is 24.3 Å². The van der Waals surface area contributed by atoms with E-state index in [9.17, 15) is 9.59 Å². The van der Waals surface area contributed by atoms with E-state index in [1.165, 1.54) is 38.4 Å². The number of esters is 1. The summed E-state index contributed by atoms with van der Waals surface area (Å²) in [5, 5.41) is 0. The molecule has 148 valence electrons. The number of hydrogen-bond acceptors (Lipinski definition) is 6. The van der Waals surface area contributed by atoms with E-state index < -0.39 is 12.6 Å². The Kier molecular flexibility index (Phi) is 7.45. The monoisotopic (exact) mass is 385 g/mol. The van der Waals surface area contributed by atoms with Crippen LogP contribution in [0, 0.1) is 0 Å². The molecule has 0 saturated heterocycles. The summed E-state index contributed by atoms with van der Waals surface area (Å²) < 4.78 is 20.9. The summed E-state index contributed by atoms with van der Waals surface area (Å²) in [5.41, 5.74) is 0.869. The number of methoxy groups -OCH3 is 3. The molecule has 0 unspecified atom stereocenters. The van der Waals surface area contributed by atoms with Crippen molar-refractivity contribution in [1.82, 2.24) is 0 Å². The van der Waals surface area contributed by atoms with Gasteiger partial charge in [-0.05, 0) is 24.3 Å². The fourth-order valence-electron chi connectivity index (χ4n) is 2.58. The van der Waals surface area contributed by atoms with Crippen molar-refractivity contribution >= 4 is 17.6 Å². The van der Waals surface area contributed by atoms with Gasteiger partial charge in [0.15, 0.2) is 18.1 Å². The molecule has 0 spiro atoms. The molecule has 0 saturated carbocycles. The number of carbonyl (C=O) groups excluding carboxylic acids is 2. The van der Waals surface area contributed by atoms with E-state index in [0.29, 0.717) is 29.5 Å². The van der Waals surface area contributed by atoms with Crippen LogP contribution in [0.15, 0.2) is 55.1 Å². The minimum Gasteiger partial charge on any atom is -0.493 e. The molecule has 2 aromatic carbocycles. The van der Waals surface area contributed by atoms with Gasteiger partial charge in [0.05, 0.1) is 26.9 Å². The van der Waals surface area contributed by atoms with Gasteiger partial charge in [0.25, 0.3) is 5.91 Å². The second-order valence-electron chi connectivity index (χ2n) is 5.62. The second kappa shape index (κ2) is 10.0. The largest absolute Gasteiger partial charge is 0.493 e. The summed E-state index contributed by atoms with van der Waals surface area (Å²) in [4.78, 5) is 26.5. The molecule has 0 aliphatic heterocycles. The summed E-state index contributed by atoms with van der Waals surface area (Å²) in [6, 6.07) is 12.0. The highest BCUT2D eigenvalue weighted by Gasteiger charge is 2.20. The number of ether oxygens (including phenoxy) is 4. The van der Waals surface area contributed by atoms with E-state index >= 15 is 0 Å². The van der Waals surface area contributed by atoms with E-state index in [1.54, 1.807) is 18.2 Å². The highest BCUT2D eigenvalue weighted by Crippen LogP contribution is 2.38. The molecule has 0 bridgehead atoms. The zero-order chi connectivity index (χ0) is 20.5. The van der Waals surface area contributed by atoms with E-state index in [0.717, 1.165) is 0 Å². The molecule has 1 amide bonds. The molecule has 0 aromatic heterocycles. The molecule has 7 heteroatoms. The SMILES string of the molecule is C=CCN(C(=O)COC(=O)c1cc(OC)c(OC)c(OC)c1)c1ccccc1. The standard InChI is InChI=1S/C21H23NO6/c1-5-11-22(16-9-7-6-8-10-16)19(23)14-28-21(24)15-12-17(25-2)20(27-4)18(13-15)26-3/h5-10,12-13H,1,11,14H2,2-4H3. The molecule has 0 fully saturated rings. The maximum Gasteiger partial charge on any atom is 0.338 e. The third kappa shape index (κ3) is 4.82. The molecule has 7 nitrogen and oxygen atoms in total. The van der Waals surface area contributed by atoms with E-state index in [-0.39, 0.29) is 11.5 Å². The van der Waals surface area contributed by atoms with Crippen LogP contribution in [-0.4, -0.2) is 46.4 Å². The number of hydrogen-bond donors (Lipinski definition) is 0. The van der Waals surface area contributed by atoms with Crippen LogP contribution in [0.4, 0.5) is 5.69 Å². The third-order valence-electron chi connectivity index (χ3n) is 3.91. The minimum absolute atomic E-state index is 0.178. The lowest BCUT2D eigenvalue weighted by Crippen LogP contribution is -2.34. The summed E-state index contributed by atoms with van der Waals surface area (Å²) >= 11 is 0. The van der Waals surface area contributed by atoms with Crippen LogP contribution in [-0.2, 0) is 9.53 Å². The Balaban J connectivity index is 2.14. The molecule has 2 aromatic rings. The number of amides is 1. The van der Waals surface area contributed by atoms with Crippen molar-refractivity contribution in [2.75, 3.05) is 39.4 Å². The van der Waals surface area contributed by atoms with Gasteiger partial charge in [-0.15, -0.1) is 6.58 Å². The van der Waals surface area contributed by atoms with Crippen molar-refractivity contribution in [3.05, 3.63) is 60.7 Å². The smallest absolute Gasteiger partial charge is 0.338 e. The third-order valence-corrected chi connectivity index (χ3v) is 3.91. The van der Waals surface area contributed by atoms with E-state index in [1.807, 2.05) is 18.2 Å². The van der Waals surface area contributed by atoms with Crippen LogP contribution in [0.5, 0.6) is 17.2 Å². The summed E-state index contributed by atoms with van der Waals surface area (Å²) in [7, 11) is 4.36. The predicted octanol–water partition coefficient (Wildman–Crippen LogP) is 3.09. The average Bonchev–Trinajstić information content (AvgIpc) is 2.74. The van der Waals surface area contributed by atoms with Gasteiger partial charge < -0.3 is 23.8 Å². The molecule has 28 heavy (non-hydrogen) atoms. The molecule has 0 aliphatic rings. The number of anilines is 1. The van der Waals surface area contributed by atoms with Crippen molar-refractivity contribution in [3.8, 4) is 17.2 Å². The maximum absolute atomic E-state index is 12.5. The zero-order valence-corrected chi connectivity index (χ0v) is 16.1. The number of nitrogens with zero attached hydrogens (tertiary/aromatic N) is 1. The van der Waals surface area contributed by atoms with E-state index in [4.69, 9.17) is 18.9 Å². The van der Waals surface area contributed by atoms with Gasteiger partial charge in [0, 0.05) is 12.2 Å². The highest BCUT2D eigenvalue weighted by atomic mass is 16.5. The number of benzene rings is 2. The zero-order valence-electron chi connectivity index (χ0n) is 16.1. The molecule has 0 N–H and O–H groups in total. The normalized spacial score (nSPS) is 9.96. The lowest BCUT2D eigenvalue weighted by atomic mass is 10.2. The lowest BCUT2D eigenvalue weighted by molar-refractivity contribution is -0.121. The molecule has 0 atom stereocenters. The van der Waals surface area contributed by atoms with Crippen molar-refractivity contribution in [2.45, 2.75) is 0 Å². The Morgan fingerprint density at radius 2 is 1.61 bits per heavy atom. The predicted molar refractivity (Wildman–Crippen MR) is 105 cm³/mol. The van der Waals surface area contributed by atoms with Gasteiger partial charge in [-0.3, -0.25) is 4.79 Å². The van der Waals surface area contributed by atoms with Gasteiger partial charge in [-0.2, -0.15) is 0 Å². The summed E-state index contributed by atoms with van der Waals surface area (Å²) in [6.07, 6.45) is 1.60. The Morgan fingerprint density at radius 3 is 2.11 bits per heavy atom. The van der Waals surface area contributed by atoms with Crippen molar-refractivity contribution in [3.63, 3.8) is 0 Å². The first-order valence-corrected chi connectivity index (χ1v) is 8.49. The topological polar surface area (TPSA) is 74.3 Å². The fraction of sp³-hybridized carbons (Fsp3) is 0.238. The lowest BCUT2D eigenvalue weighted by Gasteiger charge is -2.21. The van der Waals surface area contributed by atoms with Crippen molar-refractivity contribution in [2.24, 2.45) is 0 Å². The average molecular weight is 385 g/mol. The first-order valence-electron chi connectivity index (χ1n) is 8.49. The Bertz CT molecular complexity index is 809. The second-order valence-corrected chi connectivity index (χ2v) is 5.62. The van der Waals surface area contributed by atoms with E-state index in [2.05, 4.69) is 6.58 Å². The Morgan fingerprint density at radius 1 is 1.00 bits per heavy atom. The minimum atomic E-state index is -0.681. The van der Waals surface area contributed by atoms with Gasteiger partial charge >= 0.3 is 5.97 Å². The molecular formula is C21H23NO6. The Hall–Kier alpha value is -3.48. The van der Waals surface area contributed by atoms with Gasteiger partial charge in [0.1, 0.15) is 0 Å². The maximum atomic E-state index is 12.5. The first-order chi connectivity index (χ1) is 13.5. The molecular weight excluding hydrogens is 362 g/mol. The van der Waals surface area contributed by atoms with Crippen LogP contribution < -0.4 is 19.1 Å². The van der Waals surface area contributed by atoms with Gasteiger partial charge in [0.2, 0.25) is 5.75 Å². The first kappa shape index (κ1) is 20.8. The molecule has 0 aliphatic carbocycles. The van der Waals surface area contributed by atoms with Crippen LogP contribution in [0.2, 0.25) is 0 Å². The van der Waals surface area contributed by atoms with Crippen molar-refractivity contribution in [1.29, 1.82) is 0 Å². The number of rotatable bonds is 9. The number of para-hydroxylation sites is 1. The molecule has 0 radical (unpaired) electrons. The van der Waals surface area contributed by atoms with Gasteiger partial charge in [-0.25, -0.2) is 4.79 Å². The molecule has 0 heterocycles. The van der Waals surface area contributed by atoms with Crippen LogP contribution in [0.3, 0.4) is 0 Å². The number of carbonyl (C=O) groups is 2. The van der Waals surface area contributed by atoms with Crippen LogP contribution in [0.1, 0.15) is 10.4 Å². The summed E-state index contributed by atoms with van der Waals surface area (Å²) in [5.74, 6) is -0.0552. The quantitative estimate of drug-likeness (QED) is 0.488. The highest BCUT2D eigenvalue weighted by molar-refractivity contribution is 5.97. The Labute approximate surface area is 164 Å². The van der Waals surface area contributed by atoms with Crippen LogP contribution >= 0.6 is 0 Å². The summed E-state index contributed by atoms with van der Waals surface area (Å²) in [6.45, 7) is 3.54. The van der Waals surface area contributed by atoms with Crippen molar-refractivity contribution < 1.29 is 28.5 Å². The fourth-order valence-corrected chi connectivity index (χ4v) is 2.58. The van der Waals surface area contributed by atoms with Crippen LogP contribution in [0.25, 0.3) is 0 Å².